The van der Waals surface area contributed by atoms with E-state index in [1.54, 1.807) is 48.5 Å². The van der Waals surface area contributed by atoms with E-state index in [1.165, 1.54) is 13.8 Å². The molecule has 2 aromatic rings. The van der Waals surface area contributed by atoms with Crippen molar-refractivity contribution in [2.45, 2.75) is 26.0 Å². The van der Waals surface area contributed by atoms with E-state index in [4.69, 9.17) is 16.3 Å². The van der Waals surface area contributed by atoms with Gasteiger partial charge in [0, 0.05) is 5.69 Å². The summed E-state index contributed by atoms with van der Waals surface area (Å²) < 4.78 is 5.11. The first-order chi connectivity index (χ1) is 12.4. The van der Waals surface area contributed by atoms with Gasteiger partial charge in [0.1, 0.15) is 6.04 Å². The molecule has 6 nitrogen and oxygen atoms in total. The first kappa shape index (κ1) is 19.5. The molecule has 2 aromatic carbocycles. The number of hydrogen-bond acceptors (Lipinski definition) is 4. The van der Waals surface area contributed by atoms with Gasteiger partial charge in [0.2, 0.25) is 0 Å². The van der Waals surface area contributed by atoms with Crippen molar-refractivity contribution in [3.63, 3.8) is 0 Å². The van der Waals surface area contributed by atoms with Gasteiger partial charge in [-0.3, -0.25) is 9.59 Å². The number of halogens is 1. The van der Waals surface area contributed by atoms with Gasteiger partial charge in [-0.1, -0.05) is 41.9 Å². The molecule has 0 aromatic heterocycles. The summed E-state index contributed by atoms with van der Waals surface area (Å²) in [6.07, 6.45) is -1.01. The Bertz CT molecular complexity index is 795. The van der Waals surface area contributed by atoms with Crippen molar-refractivity contribution in [1.82, 2.24) is 5.32 Å². The van der Waals surface area contributed by atoms with Gasteiger partial charge >= 0.3 is 5.97 Å². The standard InChI is InChI=1S/C19H19ClN2O4/c1-12(21-18(24)15-10-6-7-11-16(15)20)19(25)26-13(2)17(23)22-14-8-4-3-5-9-14/h3-13H,1-2H3,(H,21,24)(H,22,23). The van der Waals surface area contributed by atoms with Crippen LogP contribution < -0.4 is 10.6 Å². The molecule has 0 aliphatic carbocycles. The number of nitrogens with one attached hydrogen (secondary N) is 2. The second-order valence-corrected chi connectivity index (χ2v) is 6.02. The second kappa shape index (κ2) is 9.01. The molecule has 2 unspecified atom stereocenters. The third-order valence-corrected chi connectivity index (χ3v) is 3.85. The maximum absolute atomic E-state index is 12.2. The molecule has 136 valence electrons. The Hall–Kier alpha value is -2.86. The molecule has 2 rings (SSSR count). The highest BCUT2D eigenvalue weighted by atomic mass is 35.5. The van der Waals surface area contributed by atoms with E-state index in [9.17, 15) is 14.4 Å². The van der Waals surface area contributed by atoms with Gasteiger partial charge in [-0.05, 0) is 38.1 Å². The van der Waals surface area contributed by atoms with Crippen LogP contribution in [0.2, 0.25) is 5.02 Å². The summed E-state index contributed by atoms with van der Waals surface area (Å²) in [5.74, 6) is -1.68. The number of ether oxygens (including phenoxy) is 1. The van der Waals surface area contributed by atoms with Crippen LogP contribution in [-0.4, -0.2) is 29.9 Å². The van der Waals surface area contributed by atoms with Crippen molar-refractivity contribution in [2.75, 3.05) is 5.32 Å². The Morgan fingerprint density at radius 3 is 2.23 bits per heavy atom. The molecule has 7 heteroatoms. The van der Waals surface area contributed by atoms with Crippen LogP contribution in [-0.2, 0) is 14.3 Å². The molecule has 2 atom stereocenters. The summed E-state index contributed by atoms with van der Waals surface area (Å²) in [4.78, 5) is 36.3. The highest BCUT2D eigenvalue weighted by Crippen LogP contribution is 2.15. The fraction of sp³-hybridized carbons (Fsp3) is 0.211. The lowest BCUT2D eigenvalue weighted by molar-refractivity contribution is -0.154. The number of rotatable bonds is 6. The highest BCUT2D eigenvalue weighted by Gasteiger charge is 2.24. The predicted octanol–water partition coefficient (Wildman–Crippen LogP) is 3.03. The topological polar surface area (TPSA) is 84.5 Å². The van der Waals surface area contributed by atoms with Crippen molar-refractivity contribution >= 4 is 35.1 Å². The van der Waals surface area contributed by atoms with Crippen LogP contribution in [0.4, 0.5) is 5.69 Å². The van der Waals surface area contributed by atoms with Crippen molar-refractivity contribution in [1.29, 1.82) is 0 Å². The normalized spacial score (nSPS) is 12.6. The largest absolute Gasteiger partial charge is 0.451 e. The lowest BCUT2D eigenvalue weighted by Crippen LogP contribution is -2.42. The van der Waals surface area contributed by atoms with Crippen LogP contribution >= 0.6 is 11.6 Å². The molecule has 0 bridgehead atoms. The van der Waals surface area contributed by atoms with Gasteiger partial charge in [0.15, 0.2) is 6.10 Å². The van der Waals surface area contributed by atoms with E-state index in [-0.39, 0.29) is 10.6 Å². The van der Waals surface area contributed by atoms with E-state index in [0.29, 0.717) is 5.69 Å². The van der Waals surface area contributed by atoms with Gasteiger partial charge in [-0.15, -0.1) is 0 Å². The van der Waals surface area contributed by atoms with Crippen molar-refractivity contribution in [3.05, 3.63) is 65.2 Å². The molecule has 26 heavy (non-hydrogen) atoms. The molecule has 0 aliphatic heterocycles. The summed E-state index contributed by atoms with van der Waals surface area (Å²) in [7, 11) is 0. The number of para-hydroxylation sites is 1. The average molecular weight is 375 g/mol. The molecule has 0 heterocycles. The van der Waals surface area contributed by atoms with Gasteiger partial charge in [0.25, 0.3) is 11.8 Å². The van der Waals surface area contributed by atoms with Crippen LogP contribution in [0, 0.1) is 0 Å². The Morgan fingerprint density at radius 2 is 1.58 bits per heavy atom. The lowest BCUT2D eigenvalue weighted by Gasteiger charge is -2.18. The fourth-order valence-corrected chi connectivity index (χ4v) is 2.30. The minimum absolute atomic E-state index is 0.253. The molecular weight excluding hydrogens is 356 g/mol. The number of benzene rings is 2. The molecule has 2 N–H and O–H groups in total. The number of carbonyl (C=O) groups is 3. The zero-order valence-electron chi connectivity index (χ0n) is 14.4. The van der Waals surface area contributed by atoms with Gasteiger partial charge in [-0.25, -0.2) is 4.79 Å². The van der Waals surface area contributed by atoms with Crippen LogP contribution in [0.3, 0.4) is 0 Å². The van der Waals surface area contributed by atoms with E-state index >= 15 is 0 Å². The summed E-state index contributed by atoms with van der Waals surface area (Å²) in [6, 6.07) is 14.4. The number of carbonyl (C=O) groups excluding carboxylic acids is 3. The quantitative estimate of drug-likeness (QED) is 0.761. The molecule has 0 saturated heterocycles. The first-order valence-corrected chi connectivity index (χ1v) is 8.38. The summed E-state index contributed by atoms with van der Waals surface area (Å²) in [5, 5.41) is 5.42. The van der Waals surface area contributed by atoms with E-state index in [2.05, 4.69) is 10.6 Å². The van der Waals surface area contributed by atoms with Crippen molar-refractivity contribution in [2.24, 2.45) is 0 Å². The van der Waals surface area contributed by atoms with E-state index in [1.807, 2.05) is 6.07 Å². The van der Waals surface area contributed by atoms with Crippen LogP contribution in [0.1, 0.15) is 24.2 Å². The third-order valence-electron chi connectivity index (χ3n) is 3.52. The molecular formula is C19H19ClN2O4. The summed E-state index contributed by atoms with van der Waals surface area (Å²) in [6.45, 7) is 2.93. The minimum atomic E-state index is -1.01. The van der Waals surface area contributed by atoms with E-state index < -0.39 is 29.9 Å². The molecule has 0 radical (unpaired) electrons. The van der Waals surface area contributed by atoms with Crippen LogP contribution in [0.5, 0.6) is 0 Å². The van der Waals surface area contributed by atoms with Crippen molar-refractivity contribution < 1.29 is 19.1 Å². The average Bonchev–Trinajstić information content (AvgIpc) is 2.62. The zero-order valence-corrected chi connectivity index (χ0v) is 15.1. The number of esters is 1. The molecule has 0 saturated carbocycles. The fourth-order valence-electron chi connectivity index (χ4n) is 2.07. The summed E-state index contributed by atoms with van der Waals surface area (Å²) >= 11 is 5.96. The SMILES string of the molecule is CC(NC(=O)c1ccccc1Cl)C(=O)OC(C)C(=O)Nc1ccccc1. The maximum atomic E-state index is 12.2. The molecule has 0 aliphatic rings. The maximum Gasteiger partial charge on any atom is 0.329 e. The van der Waals surface area contributed by atoms with Crippen molar-refractivity contribution in [3.8, 4) is 0 Å². The predicted molar refractivity (Wildman–Crippen MR) is 99.0 cm³/mol. The monoisotopic (exact) mass is 374 g/mol. The number of hydrogen-bond donors (Lipinski definition) is 2. The zero-order chi connectivity index (χ0) is 19.1. The molecule has 2 amide bonds. The Labute approximate surface area is 156 Å². The molecule has 0 spiro atoms. The van der Waals surface area contributed by atoms with Gasteiger partial charge < -0.3 is 15.4 Å². The highest BCUT2D eigenvalue weighted by molar-refractivity contribution is 6.33. The Balaban J connectivity index is 1.88. The molecule has 0 fully saturated rings. The lowest BCUT2D eigenvalue weighted by atomic mass is 10.2. The Kier molecular flexibility index (Phi) is 6.74. The van der Waals surface area contributed by atoms with Gasteiger partial charge in [0.05, 0.1) is 10.6 Å². The number of amides is 2. The van der Waals surface area contributed by atoms with Crippen LogP contribution in [0.15, 0.2) is 54.6 Å². The minimum Gasteiger partial charge on any atom is -0.451 e. The first-order valence-electron chi connectivity index (χ1n) is 8.00. The second-order valence-electron chi connectivity index (χ2n) is 5.61. The van der Waals surface area contributed by atoms with Crippen LogP contribution in [0.25, 0.3) is 0 Å². The van der Waals surface area contributed by atoms with E-state index in [0.717, 1.165) is 0 Å². The van der Waals surface area contributed by atoms with Gasteiger partial charge in [-0.2, -0.15) is 0 Å². The summed E-state index contributed by atoms with van der Waals surface area (Å²) in [5.41, 5.74) is 0.851. The Morgan fingerprint density at radius 1 is 0.962 bits per heavy atom. The number of anilines is 1. The smallest absolute Gasteiger partial charge is 0.329 e. The third kappa shape index (κ3) is 5.32.